The number of β-amino-alcohol motifs (C(OH)–C–C–N with tert-alkyl or cyclic N) is 1. The molecule has 2 aromatic rings. The van der Waals surface area contributed by atoms with Crippen molar-refractivity contribution < 1.29 is 9.84 Å². The monoisotopic (exact) mass is 356 g/mol. The van der Waals surface area contributed by atoms with Gasteiger partial charge in [0.05, 0.1) is 37.0 Å². The van der Waals surface area contributed by atoms with Gasteiger partial charge in [0, 0.05) is 43.9 Å². The van der Waals surface area contributed by atoms with E-state index in [1.807, 2.05) is 23.5 Å². The summed E-state index contributed by atoms with van der Waals surface area (Å²) in [5, 5.41) is 13.1. The molecule has 0 bridgehead atoms. The Bertz CT molecular complexity index is 778. The molecule has 26 heavy (non-hydrogen) atoms. The van der Waals surface area contributed by atoms with Crippen molar-refractivity contribution >= 4 is 11.8 Å². The number of ether oxygens (including phenoxy) is 1. The van der Waals surface area contributed by atoms with Crippen LogP contribution in [0.3, 0.4) is 0 Å². The average molecular weight is 356 g/mol. The number of hydrogen-bond donors (Lipinski definition) is 2. The molecule has 0 aromatic carbocycles. The summed E-state index contributed by atoms with van der Waals surface area (Å²) in [5.74, 6) is 1.83. The fraction of sp³-hybridized carbons (Fsp3) is 0.611. The van der Waals surface area contributed by atoms with Crippen molar-refractivity contribution in [2.45, 2.75) is 43.9 Å². The van der Waals surface area contributed by atoms with E-state index < -0.39 is 0 Å². The van der Waals surface area contributed by atoms with Gasteiger partial charge in [0.25, 0.3) is 0 Å². The maximum atomic E-state index is 9.60. The predicted molar refractivity (Wildman–Crippen MR) is 96.3 cm³/mol. The van der Waals surface area contributed by atoms with Crippen molar-refractivity contribution in [3.8, 4) is 0 Å². The van der Waals surface area contributed by atoms with Crippen LogP contribution in [0.5, 0.6) is 0 Å². The Labute approximate surface area is 152 Å². The van der Waals surface area contributed by atoms with Gasteiger partial charge in [-0.05, 0) is 19.3 Å². The third-order valence-corrected chi connectivity index (χ3v) is 5.36. The van der Waals surface area contributed by atoms with Crippen LogP contribution in [0.2, 0.25) is 0 Å². The molecule has 0 spiro atoms. The van der Waals surface area contributed by atoms with Crippen molar-refractivity contribution in [1.82, 2.24) is 19.5 Å². The molecule has 4 heterocycles. The molecule has 1 atom stereocenters. The van der Waals surface area contributed by atoms with Gasteiger partial charge in [-0.3, -0.25) is 0 Å². The molecule has 8 nitrogen and oxygen atoms in total. The topological polar surface area (TPSA) is 88.3 Å². The van der Waals surface area contributed by atoms with E-state index in [4.69, 9.17) is 9.72 Å². The number of imidazole rings is 1. The number of rotatable bonds is 6. The predicted octanol–water partition coefficient (Wildman–Crippen LogP) is 1.30. The van der Waals surface area contributed by atoms with Crippen LogP contribution in [0.1, 0.15) is 42.6 Å². The molecular formula is C18H24N6O2. The SMILES string of the molecule is OC1CN(c2nc(NCc3cncn3C3CC3)cc(C3CCOC3)n2)C1. The number of nitrogens with one attached hydrogen (secondary N) is 1. The molecule has 2 N–H and O–H groups in total. The van der Waals surface area contributed by atoms with E-state index in [2.05, 4.69) is 19.9 Å². The van der Waals surface area contributed by atoms with Gasteiger partial charge >= 0.3 is 0 Å². The van der Waals surface area contributed by atoms with Crippen LogP contribution in [0.25, 0.3) is 0 Å². The molecule has 0 radical (unpaired) electrons. The smallest absolute Gasteiger partial charge is 0.227 e. The standard InChI is InChI=1S/C18H24N6O2/c25-15-8-23(9-15)18-21-16(12-3-4-26-10-12)5-17(22-18)20-7-14-6-19-11-24(14)13-1-2-13/h5-6,11-13,15,25H,1-4,7-10H2,(H,20,21,22). The number of anilines is 2. The van der Waals surface area contributed by atoms with Crippen LogP contribution in [0.15, 0.2) is 18.6 Å². The summed E-state index contributed by atoms with van der Waals surface area (Å²) < 4.78 is 7.79. The van der Waals surface area contributed by atoms with Crippen molar-refractivity contribution in [2.24, 2.45) is 0 Å². The maximum absolute atomic E-state index is 9.60. The second-order valence-electron chi connectivity index (χ2n) is 7.47. The zero-order valence-electron chi connectivity index (χ0n) is 14.7. The minimum atomic E-state index is -0.277. The van der Waals surface area contributed by atoms with Gasteiger partial charge in [-0.15, -0.1) is 0 Å². The van der Waals surface area contributed by atoms with Gasteiger partial charge in [-0.25, -0.2) is 9.97 Å². The molecular weight excluding hydrogens is 332 g/mol. The minimum absolute atomic E-state index is 0.277. The molecule has 1 saturated carbocycles. The summed E-state index contributed by atoms with van der Waals surface area (Å²) >= 11 is 0. The summed E-state index contributed by atoms with van der Waals surface area (Å²) in [6.07, 6.45) is 7.04. The van der Waals surface area contributed by atoms with E-state index >= 15 is 0 Å². The van der Waals surface area contributed by atoms with E-state index in [1.165, 1.54) is 18.5 Å². The number of aliphatic hydroxyl groups is 1. The summed E-state index contributed by atoms with van der Waals surface area (Å²) in [6, 6.07) is 2.65. The summed E-state index contributed by atoms with van der Waals surface area (Å²) in [7, 11) is 0. The summed E-state index contributed by atoms with van der Waals surface area (Å²) in [6.45, 7) is 3.38. The minimum Gasteiger partial charge on any atom is -0.389 e. The highest BCUT2D eigenvalue weighted by Gasteiger charge is 2.29. The van der Waals surface area contributed by atoms with Crippen LogP contribution in [-0.4, -0.2) is 57.0 Å². The lowest BCUT2D eigenvalue weighted by Gasteiger charge is -2.36. The van der Waals surface area contributed by atoms with Gasteiger partial charge in [0.15, 0.2) is 0 Å². The Morgan fingerprint density at radius 3 is 2.85 bits per heavy atom. The second-order valence-corrected chi connectivity index (χ2v) is 7.47. The zero-order chi connectivity index (χ0) is 17.5. The van der Waals surface area contributed by atoms with Gasteiger partial charge in [0.2, 0.25) is 5.95 Å². The number of nitrogens with zero attached hydrogens (tertiary/aromatic N) is 5. The van der Waals surface area contributed by atoms with Crippen molar-refractivity contribution in [2.75, 3.05) is 36.5 Å². The maximum Gasteiger partial charge on any atom is 0.227 e. The van der Waals surface area contributed by atoms with Crippen molar-refractivity contribution in [3.63, 3.8) is 0 Å². The fourth-order valence-corrected chi connectivity index (χ4v) is 3.61. The van der Waals surface area contributed by atoms with E-state index in [0.29, 0.717) is 44.1 Å². The van der Waals surface area contributed by atoms with Gasteiger partial charge in [-0.2, -0.15) is 4.98 Å². The van der Waals surface area contributed by atoms with Crippen LogP contribution in [-0.2, 0) is 11.3 Å². The highest BCUT2D eigenvalue weighted by Crippen LogP contribution is 2.35. The number of aliphatic hydroxyl groups excluding tert-OH is 1. The Hall–Kier alpha value is -2.19. The van der Waals surface area contributed by atoms with Gasteiger partial charge in [-0.1, -0.05) is 0 Å². The lowest BCUT2D eigenvalue weighted by Crippen LogP contribution is -2.51. The third-order valence-electron chi connectivity index (χ3n) is 5.36. The van der Waals surface area contributed by atoms with Crippen molar-refractivity contribution in [3.05, 3.63) is 30.0 Å². The van der Waals surface area contributed by atoms with E-state index in [9.17, 15) is 5.11 Å². The summed E-state index contributed by atoms with van der Waals surface area (Å²) in [5.41, 5.74) is 2.20. The Morgan fingerprint density at radius 1 is 1.23 bits per heavy atom. The van der Waals surface area contributed by atoms with E-state index in [-0.39, 0.29) is 6.10 Å². The average Bonchev–Trinajstić information content (AvgIpc) is 3.12. The molecule has 0 amide bonds. The first-order valence-electron chi connectivity index (χ1n) is 9.40. The molecule has 1 unspecified atom stereocenters. The van der Waals surface area contributed by atoms with Crippen molar-refractivity contribution in [1.29, 1.82) is 0 Å². The molecule has 2 aliphatic heterocycles. The third kappa shape index (κ3) is 3.14. The first kappa shape index (κ1) is 16.0. The van der Waals surface area contributed by atoms with Crippen LogP contribution < -0.4 is 10.2 Å². The lowest BCUT2D eigenvalue weighted by atomic mass is 10.0. The molecule has 3 fully saturated rings. The second kappa shape index (κ2) is 6.51. The van der Waals surface area contributed by atoms with Gasteiger partial charge < -0.3 is 24.6 Å². The summed E-state index contributed by atoms with van der Waals surface area (Å²) in [4.78, 5) is 15.7. The fourth-order valence-electron chi connectivity index (χ4n) is 3.61. The van der Waals surface area contributed by atoms with Crippen LogP contribution in [0.4, 0.5) is 11.8 Å². The molecule has 8 heteroatoms. The highest BCUT2D eigenvalue weighted by atomic mass is 16.5. The number of aromatic nitrogens is 4. The highest BCUT2D eigenvalue weighted by molar-refractivity contribution is 5.46. The molecule has 5 rings (SSSR count). The Kier molecular flexibility index (Phi) is 4.01. The molecule has 1 aliphatic carbocycles. The quantitative estimate of drug-likeness (QED) is 0.807. The molecule has 138 valence electrons. The van der Waals surface area contributed by atoms with Crippen LogP contribution >= 0.6 is 0 Å². The number of hydrogen-bond acceptors (Lipinski definition) is 7. The van der Waals surface area contributed by atoms with E-state index in [1.54, 1.807) is 0 Å². The Balaban J connectivity index is 1.36. The van der Waals surface area contributed by atoms with Gasteiger partial charge in [0.1, 0.15) is 5.82 Å². The lowest BCUT2D eigenvalue weighted by molar-refractivity contribution is 0.140. The zero-order valence-corrected chi connectivity index (χ0v) is 14.7. The first-order valence-corrected chi connectivity index (χ1v) is 9.40. The molecule has 2 saturated heterocycles. The Morgan fingerprint density at radius 2 is 2.12 bits per heavy atom. The van der Waals surface area contributed by atoms with E-state index in [0.717, 1.165) is 24.5 Å². The normalized spacial score (nSPS) is 23.3. The first-order chi connectivity index (χ1) is 12.8. The van der Waals surface area contributed by atoms with Crippen LogP contribution in [0, 0.1) is 0 Å². The molecule has 3 aliphatic rings. The molecule has 2 aromatic heterocycles. The largest absolute Gasteiger partial charge is 0.389 e.